The van der Waals surface area contributed by atoms with E-state index in [0.29, 0.717) is 10.5 Å². The van der Waals surface area contributed by atoms with Gasteiger partial charge in [0.1, 0.15) is 0 Å². The minimum absolute atomic E-state index is 0.596. The molecule has 3 aliphatic rings. The molecule has 1 aliphatic carbocycles. The van der Waals surface area contributed by atoms with Crippen LogP contribution in [0.25, 0.3) is 11.1 Å². The van der Waals surface area contributed by atoms with Crippen LogP contribution < -0.4 is 0 Å². The Bertz CT molecular complexity index is 739. The predicted octanol–water partition coefficient (Wildman–Crippen LogP) is 4.50. The van der Waals surface area contributed by atoms with E-state index in [1.165, 1.54) is 35.1 Å². The number of benzene rings is 2. The smallest absolute Gasteiger partial charge is 0.0917 e. The summed E-state index contributed by atoms with van der Waals surface area (Å²) in [6.45, 7) is 0. The molecule has 2 atom stereocenters. The Kier molecular flexibility index (Phi) is 2.78. The Morgan fingerprint density at radius 2 is 1.64 bits per heavy atom. The average molecular weight is 308 g/mol. The zero-order valence-electron chi connectivity index (χ0n) is 12.6. The van der Waals surface area contributed by atoms with Gasteiger partial charge in [-0.2, -0.15) is 11.8 Å². The topological polar surface area (TPSA) is 20.2 Å². The van der Waals surface area contributed by atoms with Gasteiger partial charge in [-0.1, -0.05) is 42.5 Å². The van der Waals surface area contributed by atoms with Crippen LogP contribution in [-0.4, -0.2) is 15.6 Å². The highest BCUT2D eigenvalue weighted by atomic mass is 32.2. The molecule has 1 nitrogen and oxygen atoms in total. The van der Waals surface area contributed by atoms with E-state index in [1.54, 1.807) is 0 Å². The molecule has 2 unspecified atom stereocenters. The quantitative estimate of drug-likeness (QED) is 0.714. The summed E-state index contributed by atoms with van der Waals surface area (Å²) in [5.74, 6) is 0. The van der Waals surface area contributed by atoms with Gasteiger partial charge in [0.2, 0.25) is 0 Å². The van der Waals surface area contributed by atoms with Crippen molar-refractivity contribution in [3.63, 3.8) is 0 Å². The van der Waals surface area contributed by atoms with E-state index in [2.05, 4.69) is 54.2 Å². The highest BCUT2D eigenvalue weighted by Gasteiger charge is 2.44. The first kappa shape index (κ1) is 13.2. The number of rotatable bonds is 1. The SMILES string of the molecule is OC1(c2ccc3c(c2)Cc2ccccc2-3)CC2CCC(C1)S2. The Balaban J connectivity index is 1.54. The van der Waals surface area contributed by atoms with Crippen LogP contribution in [0.15, 0.2) is 42.5 Å². The van der Waals surface area contributed by atoms with Crippen molar-refractivity contribution >= 4 is 11.8 Å². The summed E-state index contributed by atoms with van der Waals surface area (Å²) in [6, 6.07) is 15.4. The largest absolute Gasteiger partial charge is 0.385 e. The van der Waals surface area contributed by atoms with E-state index in [0.717, 1.165) is 24.8 Å². The third kappa shape index (κ3) is 1.90. The molecule has 2 bridgehead atoms. The Morgan fingerprint density at radius 1 is 0.909 bits per heavy atom. The molecule has 0 aromatic heterocycles. The zero-order chi connectivity index (χ0) is 14.7. The van der Waals surface area contributed by atoms with Gasteiger partial charge >= 0.3 is 0 Å². The van der Waals surface area contributed by atoms with Gasteiger partial charge in [-0.05, 0) is 59.9 Å². The van der Waals surface area contributed by atoms with E-state index in [1.807, 2.05) is 0 Å². The van der Waals surface area contributed by atoms with Gasteiger partial charge in [0.25, 0.3) is 0 Å². The van der Waals surface area contributed by atoms with Crippen LogP contribution in [-0.2, 0) is 12.0 Å². The van der Waals surface area contributed by atoms with Crippen molar-refractivity contribution in [2.24, 2.45) is 0 Å². The van der Waals surface area contributed by atoms with E-state index in [9.17, 15) is 5.11 Å². The first-order chi connectivity index (χ1) is 10.7. The van der Waals surface area contributed by atoms with Gasteiger partial charge < -0.3 is 5.11 Å². The summed E-state index contributed by atoms with van der Waals surface area (Å²) in [5, 5.41) is 12.6. The Labute approximate surface area is 135 Å². The molecule has 1 N–H and O–H groups in total. The van der Waals surface area contributed by atoms with Crippen molar-refractivity contribution < 1.29 is 5.11 Å². The fourth-order valence-corrected chi connectivity index (χ4v) is 6.42. The second kappa shape index (κ2) is 4.62. The van der Waals surface area contributed by atoms with Crippen LogP contribution in [0.2, 0.25) is 0 Å². The second-order valence-electron chi connectivity index (χ2n) is 7.10. The number of thioether (sulfide) groups is 1. The maximum atomic E-state index is 11.3. The molecule has 0 radical (unpaired) electrons. The molecule has 0 amide bonds. The van der Waals surface area contributed by atoms with E-state index in [-0.39, 0.29) is 0 Å². The summed E-state index contributed by atoms with van der Waals surface area (Å²) < 4.78 is 0. The lowest BCUT2D eigenvalue weighted by Crippen LogP contribution is -2.34. The maximum absolute atomic E-state index is 11.3. The molecule has 2 saturated heterocycles. The molecule has 2 heteroatoms. The molecule has 0 spiro atoms. The van der Waals surface area contributed by atoms with Crippen LogP contribution >= 0.6 is 11.8 Å². The highest BCUT2D eigenvalue weighted by molar-refractivity contribution is 8.00. The lowest BCUT2D eigenvalue weighted by molar-refractivity contribution is 0.0196. The third-order valence-corrected chi connectivity index (χ3v) is 7.23. The van der Waals surface area contributed by atoms with Crippen LogP contribution in [0, 0.1) is 0 Å². The number of fused-ring (bicyclic) bond motifs is 5. The van der Waals surface area contributed by atoms with Crippen LogP contribution in [0.3, 0.4) is 0 Å². The van der Waals surface area contributed by atoms with Crippen LogP contribution in [0.1, 0.15) is 42.4 Å². The summed E-state index contributed by atoms with van der Waals surface area (Å²) in [6.07, 6.45) is 5.44. The average Bonchev–Trinajstić information content (AvgIpc) is 3.06. The number of hydrogen-bond donors (Lipinski definition) is 1. The van der Waals surface area contributed by atoms with Crippen molar-refractivity contribution in [2.75, 3.05) is 0 Å². The Hall–Kier alpha value is -1.25. The first-order valence-electron chi connectivity index (χ1n) is 8.31. The molecule has 2 aromatic rings. The van der Waals surface area contributed by atoms with Gasteiger partial charge in [-0.15, -0.1) is 0 Å². The summed E-state index contributed by atoms with van der Waals surface area (Å²) in [7, 11) is 0. The monoisotopic (exact) mass is 308 g/mol. The van der Waals surface area contributed by atoms with Crippen LogP contribution in [0.4, 0.5) is 0 Å². The maximum Gasteiger partial charge on any atom is 0.0917 e. The minimum atomic E-state index is -0.596. The molecule has 2 heterocycles. The van der Waals surface area contributed by atoms with E-state index >= 15 is 0 Å². The fraction of sp³-hybridized carbons (Fsp3) is 0.400. The summed E-state index contributed by atoms with van der Waals surface area (Å²) in [5.41, 5.74) is 6.09. The molecular formula is C20H20OS. The van der Waals surface area contributed by atoms with Crippen molar-refractivity contribution in [3.8, 4) is 11.1 Å². The normalized spacial score (nSPS) is 31.9. The van der Waals surface area contributed by atoms with Gasteiger partial charge in [0, 0.05) is 10.5 Å². The van der Waals surface area contributed by atoms with Gasteiger partial charge in [-0.3, -0.25) is 0 Å². The van der Waals surface area contributed by atoms with Crippen LogP contribution in [0.5, 0.6) is 0 Å². The molecule has 0 saturated carbocycles. The molecule has 2 aromatic carbocycles. The number of aliphatic hydroxyl groups is 1. The van der Waals surface area contributed by atoms with Gasteiger partial charge in [0.15, 0.2) is 0 Å². The zero-order valence-corrected chi connectivity index (χ0v) is 13.4. The van der Waals surface area contributed by atoms with Gasteiger partial charge in [-0.25, -0.2) is 0 Å². The molecule has 22 heavy (non-hydrogen) atoms. The Morgan fingerprint density at radius 3 is 2.45 bits per heavy atom. The molecule has 2 aliphatic heterocycles. The van der Waals surface area contributed by atoms with E-state index in [4.69, 9.17) is 0 Å². The lowest BCUT2D eigenvalue weighted by Gasteiger charge is -2.36. The van der Waals surface area contributed by atoms with Crippen molar-refractivity contribution in [1.82, 2.24) is 0 Å². The summed E-state index contributed by atoms with van der Waals surface area (Å²) in [4.78, 5) is 0. The molecule has 112 valence electrons. The van der Waals surface area contributed by atoms with Crippen molar-refractivity contribution in [1.29, 1.82) is 0 Å². The number of hydrogen-bond acceptors (Lipinski definition) is 2. The van der Waals surface area contributed by atoms with Gasteiger partial charge in [0.05, 0.1) is 5.60 Å². The molecular weight excluding hydrogens is 288 g/mol. The molecule has 2 fully saturated rings. The van der Waals surface area contributed by atoms with Crippen molar-refractivity contribution in [2.45, 2.75) is 48.2 Å². The third-order valence-electron chi connectivity index (χ3n) is 5.66. The highest BCUT2D eigenvalue weighted by Crippen LogP contribution is 2.51. The summed E-state index contributed by atoms with van der Waals surface area (Å²) >= 11 is 2.10. The lowest BCUT2D eigenvalue weighted by atomic mass is 9.84. The van der Waals surface area contributed by atoms with E-state index < -0.39 is 5.60 Å². The predicted molar refractivity (Wildman–Crippen MR) is 92.2 cm³/mol. The second-order valence-corrected chi connectivity index (χ2v) is 8.71. The first-order valence-corrected chi connectivity index (χ1v) is 9.25. The van der Waals surface area contributed by atoms with Crippen molar-refractivity contribution in [3.05, 3.63) is 59.2 Å². The fourth-order valence-electron chi connectivity index (χ4n) is 4.59. The molecule has 5 rings (SSSR count). The minimum Gasteiger partial charge on any atom is -0.385 e. The standard InChI is InChI=1S/C20H20OS/c21-20(11-16-6-7-17(12-20)22-16)15-5-8-19-14(10-15)9-13-3-1-2-4-18(13)19/h1-5,8,10,16-17,21H,6-7,9,11-12H2.